The summed E-state index contributed by atoms with van der Waals surface area (Å²) < 4.78 is 1.99. The average Bonchev–Trinajstić information content (AvgIpc) is 2.82. The number of fused-ring (bicyclic) bond motifs is 1. The van der Waals surface area contributed by atoms with Crippen LogP contribution >= 0.6 is 0 Å². The maximum atomic E-state index is 4.43. The highest BCUT2D eigenvalue weighted by Gasteiger charge is 2.21. The van der Waals surface area contributed by atoms with Gasteiger partial charge in [0, 0.05) is 0 Å². The van der Waals surface area contributed by atoms with E-state index in [4.69, 9.17) is 0 Å². The number of rotatable bonds is 3. The van der Waals surface area contributed by atoms with Crippen molar-refractivity contribution in [2.24, 2.45) is 0 Å². The Balaban J connectivity index is 2.07. The summed E-state index contributed by atoms with van der Waals surface area (Å²) in [6.45, 7) is 7.81. The molecule has 0 saturated carbocycles. The van der Waals surface area contributed by atoms with E-state index in [9.17, 15) is 0 Å². The topological polar surface area (TPSA) is 30.7 Å². The van der Waals surface area contributed by atoms with Crippen LogP contribution in [0, 0.1) is 0 Å². The summed E-state index contributed by atoms with van der Waals surface area (Å²) in [7, 11) is -1.39. The van der Waals surface area contributed by atoms with Crippen molar-refractivity contribution in [1.29, 1.82) is 0 Å². The zero-order valence-corrected chi connectivity index (χ0v) is 13.2. The third-order valence-electron chi connectivity index (χ3n) is 3.53. The smallest absolute Gasteiger partial charge is 0.112 e. The normalized spacial score (nSPS) is 11.9. The molecule has 20 heavy (non-hydrogen) atoms. The predicted molar refractivity (Wildman–Crippen MR) is 86.1 cm³/mol. The third-order valence-corrected chi connectivity index (χ3v) is 5.55. The summed E-state index contributed by atoms with van der Waals surface area (Å²) in [6, 6.07) is 16.8. The second-order valence-corrected chi connectivity index (χ2v) is 11.2. The van der Waals surface area contributed by atoms with Crippen LogP contribution in [0.5, 0.6) is 0 Å². The SMILES string of the molecule is C[Si](C)(C)c1cccc2c1nnn2Cc1ccccc1. The first-order valence-electron chi connectivity index (χ1n) is 6.92. The molecule has 0 N–H and O–H groups in total. The maximum Gasteiger partial charge on any atom is 0.112 e. The highest BCUT2D eigenvalue weighted by atomic mass is 28.3. The summed E-state index contributed by atoms with van der Waals surface area (Å²) in [4.78, 5) is 0. The van der Waals surface area contributed by atoms with E-state index in [0.29, 0.717) is 0 Å². The van der Waals surface area contributed by atoms with Crippen molar-refractivity contribution in [2.75, 3.05) is 0 Å². The number of aromatic nitrogens is 3. The highest BCUT2D eigenvalue weighted by molar-refractivity contribution is 6.90. The van der Waals surface area contributed by atoms with Crippen LogP contribution in [0.2, 0.25) is 19.6 Å². The number of hydrogen-bond acceptors (Lipinski definition) is 2. The maximum absolute atomic E-state index is 4.43. The van der Waals surface area contributed by atoms with E-state index in [2.05, 4.69) is 72.4 Å². The van der Waals surface area contributed by atoms with Crippen LogP contribution < -0.4 is 5.19 Å². The molecule has 0 amide bonds. The first-order valence-corrected chi connectivity index (χ1v) is 10.4. The van der Waals surface area contributed by atoms with Gasteiger partial charge in [0.05, 0.1) is 20.1 Å². The second kappa shape index (κ2) is 4.87. The fourth-order valence-corrected chi connectivity index (χ4v) is 3.95. The van der Waals surface area contributed by atoms with Gasteiger partial charge >= 0.3 is 0 Å². The van der Waals surface area contributed by atoms with Crippen molar-refractivity contribution in [3.05, 3.63) is 54.1 Å². The van der Waals surface area contributed by atoms with Gasteiger partial charge in [0.1, 0.15) is 5.52 Å². The lowest BCUT2D eigenvalue weighted by Crippen LogP contribution is -2.38. The molecule has 3 aromatic rings. The first-order chi connectivity index (χ1) is 9.55. The standard InChI is InChI=1S/C16H19N3Si/c1-20(2,3)15-11-7-10-14-16(15)17-18-19(14)12-13-8-5-4-6-9-13/h4-11H,12H2,1-3H3. The minimum Gasteiger partial charge on any atom is -0.240 e. The number of hydrogen-bond donors (Lipinski definition) is 0. The first kappa shape index (κ1) is 13.1. The monoisotopic (exact) mass is 281 g/mol. The Bertz CT molecular complexity index is 726. The Kier molecular flexibility index (Phi) is 3.18. The number of nitrogens with zero attached hydrogens (tertiary/aromatic N) is 3. The zero-order chi connectivity index (χ0) is 14.2. The van der Waals surface area contributed by atoms with Crippen LogP contribution in [-0.4, -0.2) is 23.1 Å². The predicted octanol–water partition coefficient (Wildman–Crippen LogP) is 3.02. The van der Waals surface area contributed by atoms with E-state index < -0.39 is 8.07 Å². The van der Waals surface area contributed by atoms with Crippen LogP contribution in [0.4, 0.5) is 0 Å². The van der Waals surface area contributed by atoms with Gasteiger partial charge in [-0.3, -0.25) is 0 Å². The molecule has 3 rings (SSSR count). The summed E-state index contributed by atoms with van der Waals surface area (Å²) in [5.41, 5.74) is 3.45. The van der Waals surface area contributed by atoms with Gasteiger partial charge in [-0.25, -0.2) is 4.68 Å². The molecule has 4 heteroatoms. The molecule has 0 fully saturated rings. The summed E-state index contributed by atoms with van der Waals surface area (Å²) in [6.07, 6.45) is 0. The molecule has 102 valence electrons. The molecule has 1 aromatic heterocycles. The van der Waals surface area contributed by atoms with E-state index in [1.165, 1.54) is 10.8 Å². The Morgan fingerprint density at radius 1 is 0.950 bits per heavy atom. The largest absolute Gasteiger partial charge is 0.240 e. The third kappa shape index (κ3) is 2.39. The van der Waals surface area contributed by atoms with Gasteiger partial charge in [0.2, 0.25) is 0 Å². The van der Waals surface area contributed by atoms with Crippen LogP contribution in [-0.2, 0) is 6.54 Å². The Labute approximate surface area is 120 Å². The highest BCUT2D eigenvalue weighted by Crippen LogP contribution is 2.14. The fourth-order valence-electron chi connectivity index (χ4n) is 2.47. The summed E-state index contributed by atoms with van der Waals surface area (Å²) in [5.74, 6) is 0. The quantitative estimate of drug-likeness (QED) is 0.691. The Morgan fingerprint density at radius 2 is 1.70 bits per heavy atom. The molecular weight excluding hydrogens is 262 g/mol. The van der Waals surface area contributed by atoms with Crippen molar-refractivity contribution in [3.63, 3.8) is 0 Å². The van der Waals surface area contributed by atoms with Crippen LogP contribution in [0.1, 0.15) is 5.56 Å². The Morgan fingerprint density at radius 3 is 2.40 bits per heavy atom. The lowest BCUT2D eigenvalue weighted by Gasteiger charge is -2.16. The van der Waals surface area contributed by atoms with Crippen LogP contribution in [0.3, 0.4) is 0 Å². The lowest BCUT2D eigenvalue weighted by atomic mass is 10.2. The fraction of sp³-hybridized carbons (Fsp3) is 0.250. The van der Waals surface area contributed by atoms with Gasteiger partial charge in [0.25, 0.3) is 0 Å². The summed E-state index contributed by atoms with van der Waals surface area (Å²) in [5, 5.41) is 10.2. The average molecular weight is 281 g/mol. The van der Waals surface area contributed by atoms with Gasteiger partial charge in [-0.05, 0) is 16.8 Å². The van der Waals surface area contributed by atoms with Crippen molar-refractivity contribution in [2.45, 2.75) is 26.2 Å². The molecule has 0 aliphatic carbocycles. The molecule has 0 aliphatic rings. The lowest BCUT2D eigenvalue weighted by molar-refractivity contribution is 0.670. The molecule has 0 bridgehead atoms. The van der Waals surface area contributed by atoms with E-state index in [0.717, 1.165) is 17.6 Å². The van der Waals surface area contributed by atoms with Gasteiger partial charge < -0.3 is 0 Å². The molecule has 3 nitrogen and oxygen atoms in total. The van der Waals surface area contributed by atoms with Gasteiger partial charge in [0.15, 0.2) is 0 Å². The minimum absolute atomic E-state index is 0.770. The van der Waals surface area contributed by atoms with Crippen LogP contribution in [0.15, 0.2) is 48.5 Å². The number of benzene rings is 2. The molecular formula is C16H19N3Si. The van der Waals surface area contributed by atoms with E-state index >= 15 is 0 Å². The van der Waals surface area contributed by atoms with Gasteiger partial charge in [-0.2, -0.15) is 0 Å². The molecule has 0 radical (unpaired) electrons. The minimum atomic E-state index is -1.39. The molecule has 2 aromatic carbocycles. The van der Waals surface area contributed by atoms with Gasteiger partial charge in [-0.15, -0.1) is 5.10 Å². The molecule has 1 heterocycles. The summed E-state index contributed by atoms with van der Waals surface area (Å²) >= 11 is 0. The molecule has 0 saturated heterocycles. The van der Waals surface area contributed by atoms with Crippen LogP contribution in [0.25, 0.3) is 11.0 Å². The molecule has 0 unspecified atom stereocenters. The Hall–Kier alpha value is -1.94. The van der Waals surface area contributed by atoms with Crippen molar-refractivity contribution in [3.8, 4) is 0 Å². The van der Waals surface area contributed by atoms with E-state index in [1.54, 1.807) is 0 Å². The molecule has 0 atom stereocenters. The zero-order valence-electron chi connectivity index (χ0n) is 12.2. The van der Waals surface area contributed by atoms with Crippen molar-refractivity contribution < 1.29 is 0 Å². The van der Waals surface area contributed by atoms with Crippen molar-refractivity contribution in [1.82, 2.24) is 15.0 Å². The second-order valence-electron chi connectivity index (χ2n) is 6.16. The van der Waals surface area contributed by atoms with Gasteiger partial charge in [-0.1, -0.05) is 67.3 Å². The molecule has 0 aliphatic heterocycles. The van der Waals surface area contributed by atoms with E-state index in [1.807, 2.05) is 10.7 Å². The van der Waals surface area contributed by atoms with Crippen molar-refractivity contribution >= 4 is 24.3 Å². The molecule has 0 spiro atoms. The van der Waals surface area contributed by atoms with E-state index in [-0.39, 0.29) is 0 Å².